The molecule has 1 N–H and O–H groups in total. The van der Waals surface area contributed by atoms with Gasteiger partial charge < -0.3 is 14.0 Å². The number of carboxylic acid groups (broad SMARTS) is 1. The highest BCUT2D eigenvalue weighted by Gasteiger charge is 2.52. The number of aliphatic carboxylic acids is 1. The van der Waals surface area contributed by atoms with E-state index in [4.69, 9.17) is 14.0 Å². The van der Waals surface area contributed by atoms with Gasteiger partial charge in [0.2, 0.25) is 0 Å². The van der Waals surface area contributed by atoms with Gasteiger partial charge in [0.05, 0.1) is 12.7 Å². The summed E-state index contributed by atoms with van der Waals surface area (Å²) in [5.41, 5.74) is 0.412. The fraction of sp³-hybridized carbons (Fsp3) is 0.900. The van der Waals surface area contributed by atoms with Crippen molar-refractivity contribution in [3.63, 3.8) is 0 Å². The molecule has 2 bridgehead atoms. The highest BCUT2D eigenvalue weighted by atomic mass is 28.4. The van der Waals surface area contributed by atoms with E-state index in [2.05, 4.69) is 13.8 Å². The van der Waals surface area contributed by atoms with E-state index in [1.807, 2.05) is 0 Å². The summed E-state index contributed by atoms with van der Waals surface area (Å²) in [6.45, 7) is 4.59. The Kier molecular flexibility index (Phi) is 2.87. The van der Waals surface area contributed by atoms with Gasteiger partial charge in [-0.25, -0.2) is 0 Å². The van der Waals surface area contributed by atoms with Gasteiger partial charge >= 0.3 is 14.5 Å². The summed E-state index contributed by atoms with van der Waals surface area (Å²) in [4.78, 5) is 11.0. The Morgan fingerprint density at radius 1 is 1.53 bits per heavy atom. The van der Waals surface area contributed by atoms with Gasteiger partial charge in [0.25, 0.3) is 0 Å². The predicted octanol–water partition coefficient (Wildman–Crippen LogP) is 1.75. The first-order chi connectivity index (χ1) is 7.05. The van der Waals surface area contributed by atoms with Crippen molar-refractivity contribution in [2.75, 3.05) is 6.61 Å². The molecule has 2 fully saturated rings. The number of fused-ring (bicyclic) bond motifs is 2. The molecule has 0 aromatic heterocycles. The maximum Gasteiger partial charge on any atom is 0.341 e. The number of carboxylic acids is 1. The monoisotopic (exact) mass is 230 g/mol. The molecular formula is C10H18O4Si. The SMILES string of the molecule is CC(C)[Si]12CCCC(O1)C(C(=O)O)CO2. The molecule has 15 heavy (non-hydrogen) atoms. The third kappa shape index (κ3) is 1.83. The molecule has 0 amide bonds. The zero-order valence-electron chi connectivity index (χ0n) is 9.23. The van der Waals surface area contributed by atoms with Crippen LogP contribution in [0.25, 0.3) is 0 Å². The van der Waals surface area contributed by atoms with Gasteiger partial charge in [-0.05, 0) is 24.4 Å². The molecule has 2 aliphatic heterocycles. The molecule has 2 rings (SSSR count). The minimum atomic E-state index is -2.06. The third-order valence-electron chi connectivity index (χ3n) is 3.52. The molecule has 2 aliphatic rings. The molecule has 5 heteroatoms. The summed E-state index contributed by atoms with van der Waals surface area (Å²) >= 11 is 0. The van der Waals surface area contributed by atoms with Crippen molar-refractivity contribution in [3.05, 3.63) is 0 Å². The number of hydrogen-bond donors (Lipinski definition) is 1. The number of rotatable bonds is 2. The Balaban J connectivity index is 2.14. The van der Waals surface area contributed by atoms with Crippen LogP contribution < -0.4 is 0 Å². The van der Waals surface area contributed by atoms with Gasteiger partial charge in [0, 0.05) is 0 Å². The fourth-order valence-electron chi connectivity index (χ4n) is 2.47. The topological polar surface area (TPSA) is 55.8 Å². The van der Waals surface area contributed by atoms with E-state index in [-0.39, 0.29) is 6.10 Å². The first-order valence-corrected chi connectivity index (χ1v) is 7.70. The zero-order chi connectivity index (χ0) is 11.1. The second-order valence-electron chi connectivity index (χ2n) is 4.77. The van der Waals surface area contributed by atoms with Gasteiger partial charge in [-0.1, -0.05) is 13.8 Å². The van der Waals surface area contributed by atoms with Crippen LogP contribution in [0.1, 0.15) is 26.7 Å². The molecule has 0 radical (unpaired) electrons. The minimum absolute atomic E-state index is 0.0981. The third-order valence-corrected chi connectivity index (χ3v) is 7.68. The molecule has 0 saturated carbocycles. The van der Waals surface area contributed by atoms with Crippen LogP contribution >= 0.6 is 0 Å². The van der Waals surface area contributed by atoms with Crippen LogP contribution in [0, 0.1) is 5.92 Å². The molecule has 3 unspecified atom stereocenters. The lowest BCUT2D eigenvalue weighted by molar-refractivity contribution is -0.152. The summed E-state index contributed by atoms with van der Waals surface area (Å²) in [7, 11) is -2.06. The van der Waals surface area contributed by atoms with Crippen LogP contribution in [-0.2, 0) is 13.6 Å². The molecule has 0 aromatic carbocycles. The van der Waals surface area contributed by atoms with Crippen LogP contribution in [0.15, 0.2) is 0 Å². The second-order valence-corrected chi connectivity index (χ2v) is 8.57. The lowest BCUT2D eigenvalue weighted by Gasteiger charge is -2.47. The molecule has 2 heterocycles. The lowest BCUT2D eigenvalue weighted by Crippen LogP contribution is -2.59. The predicted molar refractivity (Wildman–Crippen MR) is 56.8 cm³/mol. The Hall–Kier alpha value is -0.393. The van der Waals surface area contributed by atoms with Crippen molar-refractivity contribution in [1.29, 1.82) is 0 Å². The molecule has 3 atom stereocenters. The Bertz CT molecular complexity index is 268. The maximum atomic E-state index is 11.0. The van der Waals surface area contributed by atoms with E-state index in [0.717, 1.165) is 18.9 Å². The average molecular weight is 230 g/mol. The van der Waals surface area contributed by atoms with E-state index < -0.39 is 20.4 Å². The highest BCUT2D eigenvalue weighted by Crippen LogP contribution is 2.41. The Labute approximate surface area is 90.8 Å². The number of carbonyl (C=O) groups is 1. The Morgan fingerprint density at radius 3 is 2.87 bits per heavy atom. The summed E-state index contributed by atoms with van der Waals surface area (Å²) in [5.74, 6) is -1.24. The average Bonchev–Trinajstić information content (AvgIpc) is 2.17. The van der Waals surface area contributed by atoms with Crippen LogP contribution in [0.3, 0.4) is 0 Å². The smallest absolute Gasteiger partial charge is 0.341 e. The van der Waals surface area contributed by atoms with Crippen LogP contribution in [-0.4, -0.2) is 32.3 Å². The van der Waals surface area contributed by atoms with Crippen molar-refractivity contribution in [2.45, 2.75) is 44.4 Å². The first-order valence-electron chi connectivity index (χ1n) is 5.60. The van der Waals surface area contributed by atoms with Gasteiger partial charge in [0.15, 0.2) is 0 Å². The summed E-state index contributed by atoms with van der Waals surface area (Å²) in [6, 6.07) is 1.02. The van der Waals surface area contributed by atoms with Crippen molar-refractivity contribution in [2.24, 2.45) is 5.92 Å². The van der Waals surface area contributed by atoms with E-state index in [1.165, 1.54) is 0 Å². The highest BCUT2D eigenvalue weighted by molar-refractivity contribution is 6.69. The van der Waals surface area contributed by atoms with Gasteiger partial charge in [0.1, 0.15) is 5.92 Å². The van der Waals surface area contributed by atoms with Crippen molar-refractivity contribution >= 4 is 14.5 Å². The van der Waals surface area contributed by atoms with E-state index in [1.54, 1.807) is 0 Å². The fourth-order valence-corrected chi connectivity index (χ4v) is 5.94. The normalized spacial score (nSPS) is 40.5. The Morgan fingerprint density at radius 2 is 2.27 bits per heavy atom. The van der Waals surface area contributed by atoms with Crippen molar-refractivity contribution in [1.82, 2.24) is 0 Å². The largest absolute Gasteiger partial charge is 0.481 e. The van der Waals surface area contributed by atoms with E-state index >= 15 is 0 Å². The first kappa shape index (κ1) is 11.1. The van der Waals surface area contributed by atoms with Crippen LogP contribution in [0.5, 0.6) is 0 Å². The zero-order valence-corrected chi connectivity index (χ0v) is 10.2. The summed E-state index contributed by atoms with van der Waals surface area (Å²) < 4.78 is 11.8. The van der Waals surface area contributed by atoms with Crippen molar-refractivity contribution in [3.8, 4) is 0 Å². The summed E-state index contributed by atoms with van der Waals surface area (Å²) in [6.07, 6.45) is 1.83. The van der Waals surface area contributed by atoms with E-state index in [0.29, 0.717) is 12.1 Å². The van der Waals surface area contributed by atoms with E-state index in [9.17, 15) is 4.79 Å². The van der Waals surface area contributed by atoms with Crippen LogP contribution in [0.2, 0.25) is 11.6 Å². The molecule has 0 aromatic rings. The molecule has 2 saturated heterocycles. The van der Waals surface area contributed by atoms with Gasteiger partial charge in [-0.2, -0.15) is 0 Å². The minimum Gasteiger partial charge on any atom is -0.481 e. The quantitative estimate of drug-likeness (QED) is 0.734. The lowest BCUT2D eigenvalue weighted by atomic mass is 10.00. The molecular weight excluding hydrogens is 212 g/mol. The summed E-state index contributed by atoms with van der Waals surface area (Å²) in [5, 5.41) is 9.03. The van der Waals surface area contributed by atoms with Gasteiger partial charge in [-0.15, -0.1) is 0 Å². The van der Waals surface area contributed by atoms with Gasteiger partial charge in [-0.3, -0.25) is 4.79 Å². The second kappa shape index (κ2) is 3.88. The van der Waals surface area contributed by atoms with Crippen molar-refractivity contribution < 1.29 is 18.8 Å². The standard InChI is InChI=1S/C10H18O4Si/c1-7(2)15-5-3-4-9(14-15)8(6-13-15)10(11)12/h7-9H,3-6H2,1-2H3,(H,11,12). The maximum absolute atomic E-state index is 11.0. The van der Waals surface area contributed by atoms with Crippen LogP contribution in [0.4, 0.5) is 0 Å². The molecule has 0 aliphatic carbocycles. The molecule has 86 valence electrons. The molecule has 4 nitrogen and oxygen atoms in total. The molecule has 0 spiro atoms. The number of hydrogen-bond acceptors (Lipinski definition) is 3.